The number of nitrogens with zero attached hydrogens (tertiary/aromatic N) is 4. The number of aromatic nitrogens is 4. The second-order valence-electron chi connectivity index (χ2n) is 5.25. The van der Waals surface area contributed by atoms with Crippen LogP contribution in [0.4, 0.5) is 23.2 Å². The molecule has 26 heavy (non-hydrogen) atoms. The Morgan fingerprint density at radius 2 is 1.88 bits per heavy atom. The summed E-state index contributed by atoms with van der Waals surface area (Å²) in [6.07, 6.45) is -4.60. The average molecular weight is 365 g/mol. The van der Waals surface area contributed by atoms with E-state index in [0.29, 0.717) is 5.56 Å². The molecule has 0 aliphatic carbocycles. The van der Waals surface area contributed by atoms with E-state index in [1.807, 2.05) is 0 Å². The van der Waals surface area contributed by atoms with Crippen LogP contribution in [0.25, 0.3) is 11.4 Å². The van der Waals surface area contributed by atoms with Crippen molar-refractivity contribution >= 4 is 11.6 Å². The molecule has 3 aromatic rings. The quantitative estimate of drug-likeness (QED) is 0.721. The molecule has 0 atom stereocenters. The topological polar surface area (TPSA) is 72.7 Å². The number of hydrogen-bond acceptors (Lipinski definition) is 4. The van der Waals surface area contributed by atoms with E-state index in [-0.39, 0.29) is 11.5 Å². The lowest BCUT2D eigenvalue weighted by atomic mass is 10.1. The summed E-state index contributed by atoms with van der Waals surface area (Å²) in [7, 11) is 0. The summed E-state index contributed by atoms with van der Waals surface area (Å²) >= 11 is 0. The maximum atomic E-state index is 13.2. The van der Waals surface area contributed by atoms with Crippen LogP contribution in [0, 0.1) is 5.82 Å². The highest BCUT2D eigenvalue weighted by Gasteiger charge is 2.33. The fraction of sp³-hybridized carbons (Fsp3) is 0.125. The number of para-hydroxylation sites is 1. The van der Waals surface area contributed by atoms with E-state index in [2.05, 4.69) is 20.7 Å². The Labute approximate surface area is 144 Å². The molecule has 0 radical (unpaired) electrons. The zero-order valence-corrected chi connectivity index (χ0v) is 13.0. The summed E-state index contributed by atoms with van der Waals surface area (Å²) < 4.78 is 52.0. The van der Waals surface area contributed by atoms with E-state index in [9.17, 15) is 22.4 Å². The molecule has 10 heteroatoms. The Balaban J connectivity index is 1.72. The first-order chi connectivity index (χ1) is 12.3. The molecule has 0 spiro atoms. The summed E-state index contributed by atoms with van der Waals surface area (Å²) in [5, 5.41) is 13.4. The number of carbonyl (C=O) groups is 1. The molecule has 0 bridgehead atoms. The van der Waals surface area contributed by atoms with Gasteiger partial charge in [0.05, 0.1) is 11.3 Å². The van der Waals surface area contributed by atoms with Gasteiger partial charge in [0.1, 0.15) is 12.4 Å². The predicted molar refractivity (Wildman–Crippen MR) is 83.3 cm³/mol. The summed E-state index contributed by atoms with van der Waals surface area (Å²) in [4.78, 5) is 12.9. The van der Waals surface area contributed by atoms with Crippen molar-refractivity contribution in [2.24, 2.45) is 0 Å². The van der Waals surface area contributed by atoms with Crippen molar-refractivity contribution in [3.63, 3.8) is 0 Å². The second kappa shape index (κ2) is 6.90. The molecule has 134 valence electrons. The number of tetrazole rings is 1. The minimum absolute atomic E-state index is 0.0907. The van der Waals surface area contributed by atoms with Gasteiger partial charge in [0.15, 0.2) is 0 Å². The summed E-state index contributed by atoms with van der Waals surface area (Å²) in [6, 6.07) is 10.1. The lowest BCUT2D eigenvalue weighted by Gasteiger charge is -2.13. The zero-order chi connectivity index (χ0) is 18.7. The Bertz CT molecular complexity index is 938. The van der Waals surface area contributed by atoms with Crippen LogP contribution in [0.1, 0.15) is 5.56 Å². The molecule has 1 N–H and O–H groups in total. The number of benzene rings is 2. The molecule has 0 saturated heterocycles. The van der Waals surface area contributed by atoms with E-state index < -0.39 is 30.0 Å². The van der Waals surface area contributed by atoms with Gasteiger partial charge in [0, 0.05) is 5.56 Å². The molecule has 0 unspecified atom stereocenters. The van der Waals surface area contributed by atoms with Gasteiger partial charge < -0.3 is 5.32 Å². The van der Waals surface area contributed by atoms with Crippen LogP contribution in [0.15, 0.2) is 48.5 Å². The highest BCUT2D eigenvalue weighted by atomic mass is 19.4. The van der Waals surface area contributed by atoms with Crippen LogP contribution in [-0.2, 0) is 17.5 Å². The van der Waals surface area contributed by atoms with Crippen molar-refractivity contribution in [2.45, 2.75) is 12.7 Å². The minimum Gasteiger partial charge on any atom is -0.324 e. The molecule has 0 aliphatic heterocycles. The minimum atomic E-state index is -4.60. The van der Waals surface area contributed by atoms with Crippen LogP contribution in [0.2, 0.25) is 0 Å². The van der Waals surface area contributed by atoms with Crippen LogP contribution in [0.5, 0.6) is 0 Å². The van der Waals surface area contributed by atoms with Gasteiger partial charge in [-0.05, 0) is 29.5 Å². The molecule has 0 fully saturated rings. The molecule has 0 saturated carbocycles. The first-order valence-corrected chi connectivity index (χ1v) is 7.33. The fourth-order valence-corrected chi connectivity index (χ4v) is 2.21. The average Bonchev–Trinajstić information content (AvgIpc) is 3.02. The standard InChI is InChI=1S/C16H11F4N5O/c17-11-5-3-4-10(8-11)15-22-24-25(23-15)9-14(26)21-13-7-2-1-6-12(13)16(18,19)20/h1-8H,9H2,(H,21,26). The van der Waals surface area contributed by atoms with Crippen LogP contribution in [0.3, 0.4) is 0 Å². The molecular formula is C16H11F4N5O. The molecule has 3 rings (SSSR count). The smallest absolute Gasteiger partial charge is 0.324 e. The fourth-order valence-electron chi connectivity index (χ4n) is 2.21. The Morgan fingerprint density at radius 1 is 1.12 bits per heavy atom. The van der Waals surface area contributed by atoms with Crippen molar-refractivity contribution in [1.29, 1.82) is 0 Å². The number of carbonyl (C=O) groups excluding carboxylic acids is 1. The highest BCUT2D eigenvalue weighted by molar-refractivity contribution is 5.91. The Hall–Kier alpha value is -3.30. The van der Waals surface area contributed by atoms with Crippen molar-refractivity contribution in [2.75, 3.05) is 5.32 Å². The third-order valence-electron chi connectivity index (χ3n) is 3.33. The van der Waals surface area contributed by atoms with Crippen molar-refractivity contribution in [3.8, 4) is 11.4 Å². The van der Waals surface area contributed by atoms with Gasteiger partial charge in [-0.2, -0.15) is 18.0 Å². The Kier molecular flexibility index (Phi) is 4.65. The largest absolute Gasteiger partial charge is 0.418 e. The van der Waals surface area contributed by atoms with Gasteiger partial charge in [-0.15, -0.1) is 10.2 Å². The lowest BCUT2D eigenvalue weighted by Crippen LogP contribution is -2.22. The van der Waals surface area contributed by atoms with E-state index in [1.54, 1.807) is 6.07 Å². The van der Waals surface area contributed by atoms with Crippen LogP contribution >= 0.6 is 0 Å². The van der Waals surface area contributed by atoms with Crippen LogP contribution in [-0.4, -0.2) is 26.1 Å². The molecule has 1 amide bonds. The van der Waals surface area contributed by atoms with Crippen molar-refractivity contribution < 1.29 is 22.4 Å². The molecule has 6 nitrogen and oxygen atoms in total. The number of anilines is 1. The van der Waals surface area contributed by atoms with Gasteiger partial charge >= 0.3 is 6.18 Å². The maximum absolute atomic E-state index is 13.2. The zero-order valence-electron chi connectivity index (χ0n) is 13.0. The highest BCUT2D eigenvalue weighted by Crippen LogP contribution is 2.34. The summed E-state index contributed by atoms with van der Waals surface area (Å²) in [6.45, 7) is -0.450. The van der Waals surface area contributed by atoms with Crippen molar-refractivity contribution in [3.05, 3.63) is 59.9 Å². The summed E-state index contributed by atoms with van der Waals surface area (Å²) in [5.41, 5.74) is -0.963. The number of alkyl halides is 3. The second-order valence-corrected chi connectivity index (χ2v) is 5.25. The van der Waals surface area contributed by atoms with E-state index in [4.69, 9.17) is 0 Å². The van der Waals surface area contributed by atoms with E-state index >= 15 is 0 Å². The van der Waals surface area contributed by atoms with Crippen LogP contribution < -0.4 is 5.32 Å². The number of rotatable bonds is 4. The molecule has 0 aliphatic rings. The first kappa shape index (κ1) is 17.5. The molecular weight excluding hydrogens is 354 g/mol. The van der Waals surface area contributed by atoms with Gasteiger partial charge in [-0.3, -0.25) is 4.79 Å². The number of halogens is 4. The molecule has 1 aromatic heterocycles. The van der Waals surface area contributed by atoms with Gasteiger partial charge in [0.2, 0.25) is 11.7 Å². The van der Waals surface area contributed by atoms with Crippen molar-refractivity contribution in [1.82, 2.24) is 20.2 Å². The first-order valence-electron chi connectivity index (χ1n) is 7.33. The van der Waals surface area contributed by atoms with Gasteiger partial charge in [-0.1, -0.05) is 24.3 Å². The predicted octanol–water partition coefficient (Wildman–Crippen LogP) is 3.14. The monoisotopic (exact) mass is 365 g/mol. The normalized spacial score (nSPS) is 11.4. The SMILES string of the molecule is O=C(Cn1nnc(-c2cccc(F)c2)n1)Nc1ccccc1C(F)(F)F. The number of nitrogens with one attached hydrogen (secondary N) is 1. The van der Waals surface area contributed by atoms with Gasteiger partial charge in [0.25, 0.3) is 0 Å². The summed E-state index contributed by atoms with van der Waals surface area (Å²) in [5.74, 6) is -1.15. The molecule has 2 aromatic carbocycles. The molecule has 1 heterocycles. The Morgan fingerprint density at radius 3 is 2.62 bits per heavy atom. The lowest BCUT2D eigenvalue weighted by molar-refractivity contribution is -0.137. The van der Waals surface area contributed by atoms with Gasteiger partial charge in [-0.25, -0.2) is 4.39 Å². The maximum Gasteiger partial charge on any atom is 0.418 e. The van der Waals surface area contributed by atoms with E-state index in [0.717, 1.165) is 16.9 Å². The van der Waals surface area contributed by atoms with E-state index in [1.165, 1.54) is 30.3 Å². The third-order valence-corrected chi connectivity index (χ3v) is 3.33. The number of hydrogen-bond donors (Lipinski definition) is 1. The number of amides is 1. The third kappa shape index (κ3) is 4.02.